The van der Waals surface area contributed by atoms with Crippen molar-refractivity contribution < 1.29 is 41.3 Å². The van der Waals surface area contributed by atoms with E-state index in [9.17, 15) is 31.9 Å². The Kier molecular flexibility index (Phi) is 4.12. The number of halogens is 5. The Morgan fingerprint density at radius 1 is 1.42 bits per heavy atom. The van der Waals surface area contributed by atoms with Gasteiger partial charge in [0.1, 0.15) is 5.56 Å². The standard InChI is InChI=1S/C9H6F5NO4/c1-18-8(17)3-2-15-4(7(10)11)5(16)6(3)19-9(12,13)14/h2,7,16H,1H3. The molecule has 1 rings (SSSR count). The van der Waals surface area contributed by atoms with Crippen molar-refractivity contribution >= 4 is 5.97 Å². The van der Waals surface area contributed by atoms with Gasteiger partial charge in [-0.3, -0.25) is 4.98 Å². The molecule has 5 nitrogen and oxygen atoms in total. The minimum atomic E-state index is -5.29. The van der Waals surface area contributed by atoms with Gasteiger partial charge >= 0.3 is 12.3 Å². The summed E-state index contributed by atoms with van der Waals surface area (Å²) in [4.78, 5) is 14.1. The summed E-state index contributed by atoms with van der Waals surface area (Å²) in [5.41, 5.74) is -2.27. The van der Waals surface area contributed by atoms with Crippen LogP contribution < -0.4 is 4.74 Å². The average Bonchev–Trinajstić information content (AvgIpc) is 2.28. The molecule has 0 bridgehead atoms. The summed E-state index contributed by atoms with van der Waals surface area (Å²) in [6.07, 6.45) is -8.24. The van der Waals surface area contributed by atoms with Crippen molar-refractivity contribution in [1.82, 2.24) is 4.98 Å². The Labute approximate surface area is 102 Å². The summed E-state index contributed by atoms with van der Waals surface area (Å²) < 4.78 is 68.6. The summed E-state index contributed by atoms with van der Waals surface area (Å²) in [5.74, 6) is -4.39. The van der Waals surface area contributed by atoms with Gasteiger partial charge in [0.05, 0.1) is 7.11 Å². The van der Waals surface area contributed by atoms with Crippen molar-refractivity contribution in [2.45, 2.75) is 12.8 Å². The van der Waals surface area contributed by atoms with E-state index in [-0.39, 0.29) is 0 Å². The SMILES string of the molecule is COC(=O)c1cnc(C(F)F)c(O)c1OC(F)(F)F. The summed E-state index contributed by atoms with van der Waals surface area (Å²) >= 11 is 0. The second-order valence-electron chi connectivity index (χ2n) is 3.07. The van der Waals surface area contributed by atoms with E-state index in [0.717, 1.165) is 7.11 Å². The highest BCUT2D eigenvalue weighted by Crippen LogP contribution is 2.39. The Morgan fingerprint density at radius 2 is 2.00 bits per heavy atom. The van der Waals surface area contributed by atoms with Crippen molar-refractivity contribution in [2.75, 3.05) is 7.11 Å². The molecule has 1 aromatic rings. The van der Waals surface area contributed by atoms with Gasteiger partial charge in [0.2, 0.25) is 0 Å². The number of hydrogen-bond donors (Lipinski definition) is 1. The maximum Gasteiger partial charge on any atom is 0.573 e. The van der Waals surface area contributed by atoms with Crippen LogP contribution in [0.2, 0.25) is 0 Å². The van der Waals surface area contributed by atoms with E-state index in [4.69, 9.17) is 0 Å². The minimum Gasteiger partial charge on any atom is -0.503 e. The van der Waals surface area contributed by atoms with Gasteiger partial charge < -0.3 is 14.6 Å². The number of rotatable bonds is 3. The molecule has 1 heterocycles. The van der Waals surface area contributed by atoms with Crippen LogP contribution in [0.15, 0.2) is 6.20 Å². The Bertz CT molecular complexity index is 488. The molecule has 0 radical (unpaired) electrons. The lowest BCUT2D eigenvalue weighted by Gasteiger charge is -2.14. The molecule has 1 N–H and O–H groups in total. The van der Waals surface area contributed by atoms with E-state index in [2.05, 4.69) is 14.5 Å². The molecule has 0 fully saturated rings. The quantitative estimate of drug-likeness (QED) is 0.683. The van der Waals surface area contributed by atoms with Crippen molar-refractivity contribution in [2.24, 2.45) is 0 Å². The topological polar surface area (TPSA) is 68.7 Å². The fraction of sp³-hybridized carbons (Fsp3) is 0.333. The van der Waals surface area contributed by atoms with Crippen LogP contribution in [0.3, 0.4) is 0 Å². The van der Waals surface area contributed by atoms with Crippen molar-refractivity contribution in [3.05, 3.63) is 17.5 Å². The fourth-order valence-corrected chi connectivity index (χ4v) is 1.13. The molecule has 0 saturated carbocycles. The summed E-state index contributed by atoms with van der Waals surface area (Å²) in [6, 6.07) is 0. The van der Waals surface area contributed by atoms with Crippen LogP contribution in [-0.2, 0) is 4.74 Å². The molecule has 0 aliphatic heterocycles. The molecular formula is C9H6F5NO4. The number of ether oxygens (including phenoxy) is 2. The van der Waals surface area contributed by atoms with E-state index in [1.54, 1.807) is 0 Å². The van der Waals surface area contributed by atoms with Gasteiger partial charge in [0, 0.05) is 6.20 Å². The van der Waals surface area contributed by atoms with Crippen molar-refractivity contribution in [3.8, 4) is 11.5 Å². The second kappa shape index (κ2) is 5.24. The molecule has 0 aliphatic carbocycles. The third-order valence-corrected chi connectivity index (χ3v) is 1.86. The number of aromatic hydroxyl groups is 1. The Balaban J connectivity index is 3.41. The zero-order valence-electron chi connectivity index (χ0n) is 9.16. The number of carbonyl (C=O) groups excluding carboxylic acids is 1. The van der Waals surface area contributed by atoms with E-state index in [0.29, 0.717) is 6.20 Å². The molecule has 0 saturated heterocycles. The second-order valence-corrected chi connectivity index (χ2v) is 3.07. The monoisotopic (exact) mass is 287 g/mol. The number of esters is 1. The summed E-state index contributed by atoms with van der Waals surface area (Å²) in [5, 5.41) is 9.27. The van der Waals surface area contributed by atoms with Gasteiger partial charge in [-0.25, -0.2) is 13.6 Å². The lowest BCUT2D eigenvalue weighted by atomic mass is 10.2. The lowest BCUT2D eigenvalue weighted by molar-refractivity contribution is -0.275. The number of hydrogen-bond acceptors (Lipinski definition) is 5. The molecule has 0 amide bonds. The smallest absolute Gasteiger partial charge is 0.503 e. The van der Waals surface area contributed by atoms with E-state index in [1.807, 2.05) is 0 Å². The van der Waals surface area contributed by atoms with Crippen molar-refractivity contribution in [3.63, 3.8) is 0 Å². The molecule has 0 spiro atoms. The number of aromatic nitrogens is 1. The summed E-state index contributed by atoms with van der Waals surface area (Å²) in [6.45, 7) is 0. The molecular weight excluding hydrogens is 281 g/mol. The van der Waals surface area contributed by atoms with Gasteiger partial charge in [-0.1, -0.05) is 0 Å². The van der Waals surface area contributed by atoms with Gasteiger partial charge in [-0.05, 0) is 0 Å². The number of pyridine rings is 1. The predicted octanol–water partition coefficient (Wildman–Crippen LogP) is 2.41. The largest absolute Gasteiger partial charge is 0.573 e. The van der Waals surface area contributed by atoms with E-state index in [1.165, 1.54) is 0 Å². The first-order valence-electron chi connectivity index (χ1n) is 4.51. The Hall–Kier alpha value is -2.13. The summed E-state index contributed by atoms with van der Waals surface area (Å²) in [7, 11) is 0.845. The molecule has 19 heavy (non-hydrogen) atoms. The van der Waals surface area contributed by atoms with Crippen molar-refractivity contribution in [1.29, 1.82) is 0 Å². The maximum atomic E-state index is 12.4. The van der Waals surface area contributed by atoms with Crippen LogP contribution in [0.5, 0.6) is 11.5 Å². The zero-order valence-corrected chi connectivity index (χ0v) is 9.16. The van der Waals surface area contributed by atoms with Gasteiger partial charge in [0.25, 0.3) is 6.43 Å². The highest BCUT2D eigenvalue weighted by molar-refractivity contribution is 5.93. The molecule has 1 aromatic heterocycles. The average molecular weight is 287 g/mol. The molecule has 10 heteroatoms. The minimum absolute atomic E-state index is 0.397. The Morgan fingerprint density at radius 3 is 2.42 bits per heavy atom. The van der Waals surface area contributed by atoms with Crippen LogP contribution in [0.1, 0.15) is 22.5 Å². The number of carbonyl (C=O) groups is 1. The number of alkyl halides is 5. The molecule has 106 valence electrons. The van der Waals surface area contributed by atoms with Crippen LogP contribution in [0, 0.1) is 0 Å². The molecule has 0 atom stereocenters. The lowest BCUT2D eigenvalue weighted by Crippen LogP contribution is -2.20. The first-order valence-corrected chi connectivity index (χ1v) is 4.51. The molecule has 0 aliphatic rings. The predicted molar refractivity (Wildman–Crippen MR) is 48.9 cm³/mol. The first kappa shape index (κ1) is 14.9. The number of nitrogens with zero attached hydrogens (tertiary/aromatic N) is 1. The van der Waals surface area contributed by atoms with E-state index >= 15 is 0 Å². The highest BCUT2D eigenvalue weighted by Gasteiger charge is 2.36. The fourth-order valence-electron chi connectivity index (χ4n) is 1.13. The molecule has 0 unspecified atom stereocenters. The van der Waals surface area contributed by atoms with Crippen LogP contribution >= 0.6 is 0 Å². The highest BCUT2D eigenvalue weighted by atomic mass is 19.4. The third kappa shape index (κ3) is 3.42. The van der Waals surface area contributed by atoms with Crippen LogP contribution in [-0.4, -0.2) is 29.5 Å². The zero-order chi connectivity index (χ0) is 14.8. The van der Waals surface area contributed by atoms with Gasteiger partial charge in [-0.15, -0.1) is 13.2 Å². The normalized spacial score (nSPS) is 11.5. The van der Waals surface area contributed by atoms with Crippen LogP contribution in [0.25, 0.3) is 0 Å². The first-order chi connectivity index (χ1) is 8.67. The van der Waals surface area contributed by atoms with Gasteiger partial charge in [-0.2, -0.15) is 0 Å². The molecule has 0 aromatic carbocycles. The third-order valence-electron chi connectivity index (χ3n) is 1.86. The maximum absolute atomic E-state index is 12.4. The van der Waals surface area contributed by atoms with Gasteiger partial charge in [0.15, 0.2) is 17.2 Å². The van der Waals surface area contributed by atoms with E-state index < -0.39 is 41.5 Å². The number of methoxy groups -OCH3 is 1. The van der Waals surface area contributed by atoms with Crippen LogP contribution in [0.4, 0.5) is 22.0 Å².